The lowest BCUT2D eigenvalue weighted by molar-refractivity contribution is -0.133. The van der Waals surface area contributed by atoms with Gasteiger partial charge in [-0.2, -0.15) is 0 Å². The van der Waals surface area contributed by atoms with Crippen LogP contribution in [0.5, 0.6) is 0 Å². The summed E-state index contributed by atoms with van der Waals surface area (Å²) in [5.41, 5.74) is 6.07. The van der Waals surface area contributed by atoms with E-state index in [9.17, 15) is 9.90 Å². The maximum Gasteiger partial charge on any atom is 0.222 e. The number of piperidine rings is 1. The zero-order valence-electron chi connectivity index (χ0n) is 13.7. The fraction of sp³-hybridized carbons (Fsp3) is 0.722. The maximum atomic E-state index is 12.2. The Bertz CT molecular complexity index is 454. The van der Waals surface area contributed by atoms with Crippen molar-refractivity contribution in [3.63, 3.8) is 0 Å². The number of rotatable bonds is 4. The molecule has 0 unspecified atom stereocenters. The largest absolute Gasteiger partial charge is 0.393 e. The van der Waals surface area contributed by atoms with Crippen LogP contribution in [0.2, 0.25) is 0 Å². The van der Waals surface area contributed by atoms with Gasteiger partial charge in [0, 0.05) is 19.5 Å². The van der Waals surface area contributed by atoms with Crippen LogP contribution in [-0.4, -0.2) is 35.1 Å². The van der Waals surface area contributed by atoms with E-state index in [2.05, 4.69) is 20.8 Å². The number of allylic oxidation sites excluding steroid dienone is 4. The number of hydrogen-bond donors (Lipinski definition) is 1. The molecule has 0 atom stereocenters. The van der Waals surface area contributed by atoms with Gasteiger partial charge >= 0.3 is 0 Å². The highest BCUT2D eigenvalue weighted by Gasteiger charge is 2.21. The van der Waals surface area contributed by atoms with Crippen LogP contribution < -0.4 is 0 Å². The number of hydrogen-bond acceptors (Lipinski definition) is 2. The van der Waals surface area contributed by atoms with Crippen LogP contribution in [0.4, 0.5) is 0 Å². The quantitative estimate of drug-likeness (QED) is 0.804. The molecule has 1 heterocycles. The zero-order valence-corrected chi connectivity index (χ0v) is 13.7. The van der Waals surface area contributed by atoms with Gasteiger partial charge in [-0.25, -0.2) is 0 Å². The Hall–Kier alpha value is -1.09. The molecule has 118 valence electrons. The molecular formula is C18H29NO2. The first-order chi connectivity index (χ1) is 9.97. The average Bonchev–Trinajstić information content (AvgIpc) is 2.45. The Morgan fingerprint density at radius 1 is 1.10 bits per heavy atom. The molecule has 2 aliphatic rings. The lowest BCUT2D eigenvalue weighted by atomic mass is 9.86. The van der Waals surface area contributed by atoms with Gasteiger partial charge in [0.15, 0.2) is 0 Å². The van der Waals surface area contributed by atoms with E-state index in [1.807, 2.05) is 4.90 Å². The molecule has 21 heavy (non-hydrogen) atoms. The predicted octanol–water partition coefficient (Wildman–Crippen LogP) is 3.59. The van der Waals surface area contributed by atoms with Crippen molar-refractivity contribution in [3.8, 4) is 0 Å². The summed E-state index contributed by atoms with van der Waals surface area (Å²) in [6.07, 6.45) is 6.13. The molecule has 0 aromatic heterocycles. The van der Waals surface area contributed by atoms with Gasteiger partial charge in [-0.1, -0.05) is 22.3 Å². The summed E-state index contributed by atoms with van der Waals surface area (Å²) in [6, 6.07) is 0. The Labute approximate surface area is 128 Å². The molecule has 0 spiro atoms. The Kier molecular flexibility index (Phi) is 5.63. The molecular weight excluding hydrogens is 262 g/mol. The Morgan fingerprint density at radius 3 is 2.38 bits per heavy atom. The molecule has 1 amide bonds. The first-order valence-electron chi connectivity index (χ1n) is 8.26. The van der Waals surface area contributed by atoms with E-state index >= 15 is 0 Å². The number of likely N-dealkylation sites (tertiary alicyclic amines) is 1. The fourth-order valence-corrected chi connectivity index (χ4v) is 3.32. The minimum Gasteiger partial charge on any atom is -0.393 e. The van der Waals surface area contributed by atoms with E-state index in [0.717, 1.165) is 51.6 Å². The second-order valence-electron chi connectivity index (χ2n) is 6.76. The highest BCUT2D eigenvalue weighted by atomic mass is 16.3. The van der Waals surface area contributed by atoms with Crippen molar-refractivity contribution in [3.05, 3.63) is 22.3 Å². The molecule has 1 saturated heterocycles. The first-order valence-corrected chi connectivity index (χ1v) is 8.26. The van der Waals surface area contributed by atoms with Gasteiger partial charge in [-0.05, 0) is 59.3 Å². The van der Waals surface area contributed by atoms with Crippen LogP contribution in [0, 0.1) is 0 Å². The van der Waals surface area contributed by atoms with E-state index in [4.69, 9.17) is 0 Å². The average molecular weight is 291 g/mol. The summed E-state index contributed by atoms with van der Waals surface area (Å²) in [5, 5.41) is 9.48. The number of nitrogens with zero attached hydrogens (tertiary/aromatic N) is 1. The van der Waals surface area contributed by atoms with Crippen molar-refractivity contribution in [2.45, 2.75) is 71.8 Å². The molecule has 0 saturated carbocycles. The molecule has 1 N–H and O–H groups in total. The highest BCUT2D eigenvalue weighted by molar-refractivity contribution is 5.76. The molecule has 0 radical (unpaired) electrons. The standard InChI is InChI=1S/C18H29NO2/c1-13-11-15(3)16(12-14(13)2)5-4-6-18(21)19-9-7-17(20)8-10-19/h17,20H,4-12H2,1-3H3. The monoisotopic (exact) mass is 291 g/mol. The van der Waals surface area contributed by atoms with E-state index in [-0.39, 0.29) is 12.0 Å². The number of carbonyl (C=O) groups excluding carboxylic acids is 1. The molecule has 0 aromatic rings. The van der Waals surface area contributed by atoms with E-state index < -0.39 is 0 Å². The third kappa shape index (κ3) is 4.44. The highest BCUT2D eigenvalue weighted by Crippen LogP contribution is 2.32. The topological polar surface area (TPSA) is 40.5 Å². The van der Waals surface area contributed by atoms with E-state index in [1.165, 1.54) is 16.7 Å². The number of amides is 1. The first kappa shape index (κ1) is 16.3. The van der Waals surface area contributed by atoms with Crippen molar-refractivity contribution >= 4 is 5.91 Å². The van der Waals surface area contributed by atoms with Gasteiger partial charge in [0.1, 0.15) is 0 Å². The van der Waals surface area contributed by atoms with Crippen LogP contribution in [0.15, 0.2) is 22.3 Å². The predicted molar refractivity (Wildman–Crippen MR) is 86.0 cm³/mol. The number of aliphatic hydroxyl groups is 1. The van der Waals surface area contributed by atoms with Crippen molar-refractivity contribution in [2.24, 2.45) is 0 Å². The van der Waals surface area contributed by atoms with Crippen molar-refractivity contribution in [1.29, 1.82) is 0 Å². The number of carbonyl (C=O) groups is 1. The summed E-state index contributed by atoms with van der Waals surface area (Å²) >= 11 is 0. The molecule has 2 rings (SSSR count). The Balaban J connectivity index is 1.74. The van der Waals surface area contributed by atoms with Crippen LogP contribution in [0.1, 0.15) is 65.7 Å². The minimum atomic E-state index is -0.206. The molecule has 1 fully saturated rings. The molecule has 3 heteroatoms. The molecule has 1 aliphatic heterocycles. The van der Waals surface area contributed by atoms with Gasteiger partial charge in [0.05, 0.1) is 6.10 Å². The van der Waals surface area contributed by atoms with Crippen LogP contribution in [0.3, 0.4) is 0 Å². The fourth-order valence-electron chi connectivity index (χ4n) is 3.32. The second-order valence-corrected chi connectivity index (χ2v) is 6.76. The normalized spacial score (nSPS) is 21.2. The van der Waals surface area contributed by atoms with Gasteiger partial charge in [-0.3, -0.25) is 4.79 Å². The van der Waals surface area contributed by atoms with Crippen LogP contribution in [-0.2, 0) is 4.79 Å². The van der Waals surface area contributed by atoms with Crippen LogP contribution in [0.25, 0.3) is 0 Å². The summed E-state index contributed by atoms with van der Waals surface area (Å²) in [4.78, 5) is 14.1. The van der Waals surface area contributed by atoms with E-state index in [1.54, 1.807) is 5.57 Å². The van der Waals surface area contributed by atoms with Gasteiger partial charge < -0.3 is 10.0 Å². The Morgan fingerprint density at radius 2 is 1.71 bits per heavy atom. The second kappa shape index (κ2) is 7.26. The number of aliphatic hydroxyl groups excluding tert-OH is 1. The lowest BCUT2D eigenvalue weighted by Crippen LogP contribution is -2.39. The zero-order chi connectivity index (χ0) is 15.4. The maximum absolute atomic E-state index is 12.2. The van der Waals surface area contributed by atoms with Crippen LogP contribution >= 0.6 is 0 Å². The summed E-state index contributed by atoms with van der Waals surface area (Å²) < 4.78 is 0. The van der Waals surface area contributed by atoms with E-state index in [0.29, 0.717) is 6.42 Å². The smallest absolute Gasteiger partial charge is 0.222 e. The molecule has 1 aliphatic carbocycles. The minimum absolute atomic E-state index is 0.206. The summed E-state index contributed by atoms with van der Waals surface area (Å²) in [6.45, 7) is 8.14. The van der Waals surface area contributed by atoms with Crippen molar-refractivity contribution in [1.82, 2.24) is 4.90 Å². The molecule has 0 bridgehead atoms. The third-order valence-electron chi connectivity index (χ3n) is 5.03. The molecule has 3 nitrogen and oxygen atoms in total. The SMILES string of the molecule is CC1=C(C)CC(CCCC(=O)N2CCC(O)CC2)=C(C)C1. The van der Waals surface area contributed by atoms with Crippen molar-refractivity contribution in [2.75, 3.05) is 13.1 Å². The lowest BCUT2D eigenvalue weighted by Gasteiger charge is -2.29. The van der Waals surface area contributed by atoms with Crippen molar-refractivity contribution < 1.29 is 9.90 Å². The van der Waals surface area contributed by atoms with Gasteiger partial charge in [-0.15, -0.1) is 0 Å². The van der Waals surface area contributed by atoms with Gasteiger partial charge in [0.2, 0.25) is 5.91 Å². The third-order valence-corrected chi connectivity index (χ3v) is 5.03. The molecule has 0 aromatic carbocycles. The summed E-state index contributed by atoms with van der Waals surface area (Å²) in [5.74, 6) is 0.263. The van der Waals surface area contributed by atoms with Gasteiger partial charge in [0.25, 0.3) is 0 Å². The summed E-state index contributed by atoms with van der Waals surface area (Å²) in [7, 11) is 0.